The molecule has 0 aliphatic rings. The van der Waals surface area contributed by atoms with Crippen LogP contribution in [0, 0.1) is 0 Å². The zero-order chi connectivity index (χ0) is 14.8. The summed E-state index contributed by atoms with van der Waals surface area (Å²) < 4.78 is 0. The molecule has 4 heteroatoms. The van der Waals surface area contributed by atoms with E-state index in [1.807, 2.05) is 18.2 Å². The summed E-state index contributed by atoms with van der Waals surface area (Å²) in [5.74, 6) is -0.0300. The third-order valence-electron chi connectivity index (χ3n) is 3.33. The Hall–Kier alpha value is -1.90. The lowest BCUT2D eigenvalue weighted by molar-refractivity contribution is 0.0993. The predicted molar refractivity (Wildman–Crippen MR) is 86.2 cm³/mol. The fraction of sp³-hybridized carbons (Fsp3) is 0.0588. The number of ketones is 1. The fourth-order valence-electron chi connectivity index (χ4n) is 2.20. The van der Waals surface area contributed by atoms with Gasteiger partial charge in [0.1, 0.15) is 0 Å². The van der Waals surface area contributed by atoms with E-state index in [0.717, 1.165) is 10.9 Å². The maximum atomic E-state index is 12.4. The maximum absolute atomic E-state index is 12.4. The predicted octanol–water partition coefficient (Wildman–Crippen LogP) is 4.97. The summed E-state index contributed by atoms with van der Waals surface area (Å²) in [5, 5.41) is 2.02. The van der Waals surface area contributed by atoms with Gasteiger partial charge >= 0.3 is 0 Å². The van der Waals surface area contributed by atoms with Crippen molar-refractivity contribution in [2.45, 2.75) is 6.42 Å². The molecule has 1 aromatic heterocycles. The molecule has 3 aromatic rings. The van der Waals surface area contributed by atoms with Gasteiger partial charge in [-0.25, -0.2) is 0 Å². The van der Waals surface area contributed by atoms with E-state index in [1.54, 1.807) is 36.5 Å². The number of hydrogen-bond acceptors (Lipinski definition) is 2. The molecular formula is C17H11Cl2NO. The molecule has 0 fully saturated rings. The van der Waals surface area contributed by atoms with Crippen LogP contribution in [-0.4, -0.2) is 10.8 Å². The topological polar surface area (TPSA) is 30.0 Å². The van der Waals surface area contributed by atoms with Gasteiger partial charge in [-0.1, -0.05) is 47.5 Å². The van der Waals surface area contributed by atoms with Gasteiger partial charge in [0, 0.05) is 33.6 Å². The second-order valence-electron chi connectivity index (χ2n) is 4.71. The largest absolute Gasteiger partial charge is 0.294 e. The van der Waals surface area contributed by atoms with Crippen LogP contribution in [-0.2, 0) is 6.42 Å². The first-order valence-electron chi connectivity index (χ1n) is 6.46. The lowest BCUT2D eigenvalue weighted by Gasteiger charge is -2.07. The van der Waals surface area contributed by atoms with Crippen molar-refractivity contribution in [3.8, 4) is 0 Å². The highest BCUT2D eigenvalue weighted by Gasteiger charge is 2.13. The average molecular weight is 316 g/mol. The molecule has 2 nitrogen and oxygen atoms in total. The summed E-state index contributed by atoms with van der Waals surface area (Å²) >= 11 is 12.2. The molecule has 21 heavy (non-hydrogen) atoms. The fourth-order valence-corrected chi connectivity index (χ4v) is 2.73. The van der Waals surface area contributed by atoms with E-state index in [9.17, 15) is 4.79 Å². The zero-order valence-corrected chi connectivity index (χ0v) is 12.5. The van der Waals surface area contributed by atoms with Crippen LogP contribution in [0.3, 0.4) is 0 Å². The number of carbonyl (C=O) groups excluding carboxylic acids is 1. The van der Waals surface area contributed by atoms with Gasteiger partial charge in [0.05, 0.1) is 5.52 Å². The number of rotatable bonds is 3. The van der Waals surface area contributed by atoms with Gasteiger partial charge in [-0.3, -0.25) is 9.78 Å². The Morgan fingerprint density at radius 1 is 1.00 bits per heavy atom. The number of benzene rings is 2. The summed E-state index contributed by atoms with van der Waals surface area (Å²) in [5.41, 5.74) is 2.07. The highest BCUT2D eigenvalue weighted by atomic mass is 35.5. The molecule has 0 aliphatic carbocycles. The first-order valence-corrected chi connectivity index (χ1v) is 7.21. The van der Waals surface area contributed by atoms with E-state index in [1.165, 1.54) is 0 Å². The second kappa shape index (κ2) is 5.84. The standard InChI is InChI=1S/C17H11Cl2NO/c18-14-4-1-5-15(19)13(14)10-17(21)12-7-6-11-3-2-8-20-16(11)9-12/h1-9H,10H2. The molecule has 0 N–H and O–H groups in total. The molecule has 2 aromatic carbocycles. The van der Waals surface area contributed by atoms with Gasteiger partial charge in [0.2, 0.25) is 0 Å². The van der Waals surface area contributed by atoms with Crippen molar-refractivity contribution in [3.63, 3.8) is 0 Å². The molecule has 0 radical (unpaired) electrons. The van der Waals surface area contributed by atoms with E-state index in [2.05, 4.69) is 4.98 Å². The van der Waals surface area contributed by atoms with Crippen LogP contribution in [0.4, 0.5) is 0 Å². The van der Waals surface area contributed by atoms with Crippen LogP contribution in [0.5, 0.6) is 0 Å². The Labute approximate surface area is 132 Å². The minimum Gasteiger partial charge on any atom is -0.294 e. The van der Waals surface area contributed by atoms with Crippen molar-refractivity contribution in [2.75, 3.05) is 0 Å². The first-order chi connectivity index (χ1) is 10.1. The number of carbonyl (C=O) groups is 1. The minimum atomic E-state index is -0.0300. The van der Waals surface area contributed by atoms with Crippen LogP contribution in [0.1, 0.15) is 15.9 Å². The van der Waals surface area contributed by atoms with Gasteiger partial charge in [-0.05, 0) is 29.8 Å². The molecule has 0 bridgehead atoms. The number of fused-ring (bicyclic) bond motifs is 1. The first kappa shape index (κ1) is 14.1. The Morgan fingerprint density at radius 3 is 2.52 bits per heavy atom. The van der Waals surface area contributed by atoms with Crippen LogP contribution in [0.25, 0.3) is 10.9 Å². The lowest BCUT2D eigenvalue weighted by atomic mass is 10.0. The molecule has 0 aliphatic heterocycles. The van der Waals surface area contributed by atoms with Crippen molar-refractivity contribution >= 4 is 39.9 Å². The molecule has 0 unspecified atom stereocenters. The van der Waals surface area contributed by atoms with Crippen molar-refractivity contribution in [3.05, 3.63) is 75.9 Å². The molecular weight excluding hydrogens is 305 g/mol. The van der Waals surface area contributed by atoms with Crippen molar-refractivity contribution in [2.24, 2.45) is 0 Å². The minimum absolute atomic E-state index is 0.0300. The molecule has 3 rings (SSSR count). The number of pyridine rings is 1. The van der Waals surface area contributed by atoms with Gasteiger partial charge in [-0.2, -0.15) is 0 Å². The van der Waals surface area contributed by atoms with Crippen LogP contribution in [0.2, 0.25) is 10.0 Å². The maximum Gasteiger partial charge on any atom is 0.167 e. The van der Waals surface area contributed by atoms with Crippen LogP contribution in [0.15, 0.2) is 54.7 Å². The Balaban J connectivity index is 1.94. The third kappa shape index (κ3) is 2.92. The molecule has 0 saturated heterocycles. The summed E-state index contributed by atoms with van der Waals surface area (Å²) in [6, 6.07) is 14.5. The molecule has 0 amide bonds. The van der Waals surface area contributed by atoms with Gasteiger partial charge < -0.3 is 0 Å². The smallest absolute Gasteiger partial charge is 0.167 e. The highest BCUT2D eigenvalue weighted by molar-refractivity contribution is 6.36. The molecule has 0 atom stereocenters. The van der Waals surface area contributed by atoms with Crippen molar-refractivity contribution in [1.29, 1.82) is 0 Å². The number of halogens is 2. The van der Waals surface area contributed by atoms with E-state index in [4.69, 9.17) is 23.2 Å². The molecule has 1 heterocycles. The van der Waals surface area contributed by atoms with Crippen molar-refractivity contribution in [1.82, 2.24) is 4.98 Å². The summed E-state index contributed by atoms with van der Waals surface area (Å²) in [7, 11) is 0. The number of aromatic nitrogens is 1. The normalized spacial score (nSPS) is 10.8. The molecule has 104 valence electrons. The van der Waals surface area contributed by atoms with Gasteiger partial charge in [-0.15, -0.1) is 0 Å². The van der Waals surface area contributed by atoms with Crippen LogP contribution >= 0.6 is 23.2 Å². The average Bonchev–Trinajstić information content (AvgIpc) is 2.50. The van der Waals surface area contributed by atoms with E-state index >= 15 is 0 Å². The SMILES string of the molecule is O=C(Cc1c(Cl)cccc1Cl)c1ccc2cccnc2c1. The Morgan fingerprint density at radius 2 is 1.76 bits per heavy atom. The second-order valence-corrected chi connectivity index (χ2v) is 5.53. The number of nitrogens with zero attached hydrogens (tertiary/aromatic N) is 1. The monoisotopic (exact) mass is 315 g/mol. The summed E-state index contributed by atoms with van der Waals surface area (Å²) in [6.07, 6.45) is 1.89. The Kier molecular flexibility index (Phi) is 3.91. The molecule has 0 spiro atoms. The van der Waals surface area contributed by atoms with E-state index < -0.39 is 0 Å². The number of Topliss-reactive ketones (excluding diaryl/α,β-unsaturated/α-hetero) is 1. The van der Waals surface area contributed by atoms with E-state index in [-0.39, 0.29) is 12.2 Å². The lowest BCUT2D eigenvalue weighted by Crippen LogP contribution is -2.04. The highest BCUT2D eigenvalue weighted by Crippen LogP contribution is 2.26. The third-order valence-corrected chi connectivity index (χ3v) is 4.04. The summed E-state index contributed by atoms with van der Waals surface area (Å²) in [4.78, 5) is 16.7. The zero-order valence-electron chi connectivity index (χ0n) is 11.0. The van der Waals surface area contributed by atoms with Gasteiger partial charge in [0.15, 0.2) is 5.78 Å². The van der Waals surface area contributed by atoms with Crippen molar-refractivity contribution < 1.29 is 4.79 Å². The number of hydrogen-bond donors (Lipinski definition) is 0. The van der Waals surface area contributed by atoms with Crippen LogP contribution < -0.4 is 0 Å². The molecule has 0 saturated carbocycles. The Bertz CT molecular complexity index is 810. The summed E-state index contributed by atoms with van der Waals surface area (Å²) in [6.45, 7) is 0. The quantitative estimate of drug-likeness (QED) is 0.639. The van der Waals surface area contributed by atoms with E-state index in [0.29, 0.717) is 21.2 Å². The van der Waals surface area contributed by atoms with Gasteiger partial charge in [0.25, 0.3) is 0 Å².